The van der Waals surface area contributed by atoms with E-state index in [0.717, 1.165) is 30.2 Å². The SMILES string of the molecule is CCOc1ccc(NCCOc2ccc(CC)cc2)cc1. The Hall–Kier alpha value is -2.16. The second-order valence-corrected chi connectivity index (χ2v) is 4.73. The highest BCUT2D eigenvalue weighted by Crippen LogP contribution is 2.16. The molecule has 0 fully saturated rings. The molecule has 2 aromatic carbocycles. The molecule has 0 bridgehead atoms. The first-order valence-electron chi connectivity index (χ1n) is 7.50. The zero-order valence-corrected chi connectivity index (χ0v) is 12.8. The van der Waals surface area contributed by atoms with Crippen LogP contribution < -0.4 is 14.8 Å². The molecule has 3 nitrogen and oxygen atoms in total. The van der Waals surface area contributed by atoms with Crippen molar-refractivity contribution in [2.45, 2.75) is 20.3 Å². The van der Waals surface area contributed by atoms with E-state index in [9.17, 15) is 0 Å². The summed E-state index contributed by atoms with van der Waals surface area (Å²) in [5.41, 5.74) is 2.40. The van der Waals surface area contributed by atoms with Crippen LogP contribution in [-0.4, -0.2) is 19.8 Å². The van der Waals surface area contributed by atoms with Crippen LogP contribution in [0.25, 0.3) is 0 Å². The summed E-state index contributed by atoms with van der Waals surface area (Å²) < 4.78 is 11.1. The van der Waals surface area contributed by atoms with Crippen molar-refractivity contribution < 1.29 is 9.47 Å². The van der Waals surface area contributed by atoms with E-state index in [0.29, 0.717) is 13.2 Å². The minimum Gasteiger partial charge on any atom is -0.494 e. The van der Waals surface area contributed by atoms with E-state index in [1.54, 1.807) is 0 Å². The van der Waals surface area contributed by atoms with Gasteiger partial charge in [0.1, 0.15) is 18.1 Å². The van der Waals surface area contributed by atoms with E-state index in [1.807, 2.05) is 43.3 Å². The van der Waals surface area contributed by atoms with E-state index < -0.39 is 0 Å². The number of benzene rings is 2. The van der Waals surface area contributed by atoms with Gasteiger partial charge in [-0.2, -0.15) is 0 Å². The number of hydrogen-bond donors (Lipinski definition) is 1. The van der Waals surface area contributed by atoms with Crippen LogP contribution in [0.5, 0.6) is 11.5 Å². The number of rotatable bonds is 8. The molecule has 3 heteroatoms. The first-order valence-corrected chi connectivity index (χ1v) is 7.50. The van der Waals surface area contributed by atoms with Crippen molar-refractivity contribution in [1.82, 2.24) is 0 Å². The minimum atomic E-state index is 0.638. The molecule has 0 unspecified atom stereocenters. The Labute approximate surface area is 126 Å². The van der Waals surface area contributed by atoms with E-state index in [1.165, 1.54) is 5.56 Å². The summed E-state index contributed by atoms with van der Waals surface area (Å²) in [6.07, 6.45) is 1.06. The molecule has 2 aromatic rings. The Morgan fingerprint density at radius 2 is 1.43 bits per heavy atom. The molecule has 21 heavy (non-hydrogen) atoms. The summed E-state index contributed by atoms with van der Waals surface area (Å²) in [5, 5.41) is 3.33. The second-order valence-electron chi connectivity index (χ2n) is 4.73. The van der Waals surface area contributed by atoms with Gasteiger partial charge in [0.25, 0.3) is 0 Å². The molecular weight excluding hydrogens is 262 g/mol. The lowest BCUT2D eigenvalue weighted by Gasteiger charge is -2.10. The number of anilines is 1. The molecule has 0 radical (unpaired) electrons. The Morgan fingerprint density at radius 1 is 0.810 bits per heavy atom. The van der Waals surface area contributed by atoms with Gasteiger partial charge in [-0.25, -0.2) is 0 Å². The third kappa shape index (κ3) is 5.03. The molecule has 0 saturated heterocycles. The third-order valence-corrected chi connectivity index (χ3v) is 3.20. The van der Waals surface area contributed by atoms with E-state index >= 15 is 0 Å². The smallest absolute Gasteiger partial charge is 0.119 e. The summed E-state index contributed by atoms with van der Waals surface area (Å²) in [6.45, 7) is 6.23. The van der Waals surface area contributed by atoms with Crippen LogP contribution in [-0.2, 0) is 6.42 Å². The lowest BCUT2D eigenvalue weighted by molar-refractivity contribution is 0.332. The van der Waals surface area contributed by atoms with Crippen LogP contribution >= 0.6 is 0 Å². The lowest BCUT2D eigenvalue weighted by atomic mass is 10.2. The normalized spacial score (nSPS) is 10.2. The lowest BCUT2D eigenvalue weighted by Crippen LogP contribution is -2.11. The Bertz CT molecular complexity index is 520. The standard InChI is InChI=1S/C18H23NO2/c1-3-15-5-9-18(10-6-15)21-14-13-19-16-7-11-17(12-8-16)20-4-2/h5-12,19H,3-4,13-14H2,1-2H3. The van der Waals surface area contributed by atoms with Crippen LogP contribution in [0, 0.1) is 0 Å². The zero-order valence-electron chi connectivity index (χ0n) is 12.8. The van der Waals surface area contributed by atoms with Crippen LogP contribution in [0.15, 0.2) is 48.5 Å². The molecule has 0 saturated carbocycles. The van der Waals surface area contributed by atoms with Gasteiger partial charge in [-0.05, 0) is 55.3 Å². The van der Waals surface area contributed by atoms with Crippen molar-refractivity contribution in [2.75, 3.05) is 25.1 Å². The van der Waals surface area contributed by atoms with Crippen molar-refractivity contribution in [2.24, 2.45) is 0 Å². The number of nitrogens with one attached hydrogen (secondary N) is 1. The largest absolute Gasteiger partial charge is 0.494 e. The average Bonchev–Trinajstić information content (AvgIpc) is 2.54. The van der Waals surface area contributed by atoms with Gasteiger partial charge in [-0.3, -0.25) is 0 Å². The summed E-state index contributed by atoms with van der Waals surface area (Å²) in [4.78, 5) is 0. The topological polar surface area (TPSA) is 30.5 Å². The molecule has 0 amide bonds. The molecule has 1 N–H and O–H groups in total. The Kier molecular flexibility index (Phi) is 5.95. The quantitative estimate of drug-likeness (QED) is 0.739. The molecule has 0 spiro atoms. The summed E-state index contributed by atoms with van der Waals surface area (Å²) in [7, 11) is 0. The molecule has 0 aliphatic heterocycles. The van der Waals surface area contributed by atoms with Gasteiger partial charge < -0.3 is 14.8 Å². The van der Waals surface area contributed by atoms with Crippen molar-refractivity contribution in [1.29, 1.82) is 0 Å². The van der Waals surface area contributed by atoms with Gasteiger partial charge in [-0.1, -0.05) is 19.1 Å². The fourth-order valence-electron chi connectivity index (χ4n) is 2.02. The van der Waals surface area contributed by atoms with Gasteiger partial charge in [0.05, 0.1) is 6.61 Å². The summed E-state index contributed by atoms with van der Waals surface area (Å²) >= 11 is 0. The molecule has 0 aromatic heterocycles. The minimum absolute atomic E-state index is 0.638. The number of hydrogen-bond acceptors (Lipinski definition) is 3. The number of ether oxygens (including phenoxy) is 2. The first-order chi connectivity index (χ1) is 10.3. The maximum atomic E-state index is 5.70. The fraction of sp³-hybridized carbons (Fsp3) is 0.333. The van der Waals surface area contributed by atoms with Crippen molar-refractivity contribution in [3.05, 3.63) is 54.1 Å². The van der Waals surface area contributed by atoms with E-state index in [4.69, 9.17) is 9.47 Å². The highest BCUT2D eigenvalue weighted by Gasteiger charge is 1.96. The van der Waals surface area contributed by atoms with Crippen LogP contribution in [0.3, 0.4) is 0 Å². The van der Waals surface area contributed by atoms with Crippen molar-refractivity contribution >= 4 is 5.69 Å². The predicted octanol–water partition coefficient (Wildman–Crippen LogP) is 4.14. The third-order valence-electron chi connectivity index (χ3n) is 3.20. The Morgan fingerprint density at radius 3 is 2.05 bits per heavy atom. The maximum absolute atomic E-state index is 5.70. The fourth-order valence-corrected chi connectivity index (χ4v) is 2.02. The molecule has 0 aliphatic carbocycles. The average molecular weight is 285 g/mol. The predicted molar refractivity (Wildman–Crippen MR) is 87.4 cm³/mol. The van der Waals surface area contributed by atoms with E-state index in [-0.39, 0.29) is 0 Å². The molecule has 0 atom stereocenters. The monoisotopic (exact) mass is 285 g/mol. The molecule has 0 heterocycles. The van der Waals surface area contributed by atoms with Crippen molar-refractivity contribution in [3.63, 3.8) is 0 Å². The van der Waals surface area contributed by atoms with Gasteiger partial charge in [0.15, 0.2) is 0 Å². The van der Waals surface area contributed by atoms with Gasteiger partial charge in [0, 0.05) is 12.2 Å². The Balaban J connectivity index is 1.71. The van der Waals surface area contributed by atoms with Crippen LogP contribution in [0.4, 0.5) is 5.69 Å². The van der Waals surface area contributed by atoms with E-state index in [2.05, 4.69) is 24.4 Å². The zero-order chi connectivity index (χ0) is 14.9. The number of aryl methyl sites for hydroxylation is 1. The van der Waals surface area contributed by atoms with Gasteiger partial charge in [0.2, 0.25) is 0 Å². The van der Waals surface area contributed by atoms with Crippen LogP contribution in [0.2, 0.25) is 0 Å². The highest BCUT2D eigenvalue weighted by molar-refractivity contribution is 5.46. The summed E-state index contributed by atoms with van der Waals surface area (Å²) in [5.74, 6) is 1.82. The molecule has 112 valence electrons. The van der Waals surface area contributed by atoms with Crippen LogP contribution in [0.1, 0.15) is 19.4 Å². The molecular formula is C18H23NO2. The second kappa shape index (κ2) is 8.20. The molecule has 2 rings (SSSR count). The van der Waals surface area contributed by atoms with Crippen molar-refractivity contribution in [3.8, 4) is 11.5 Å². The summed E-state index contributed by atoms with van der Waals surface area (Å²) in [6, 6.07) is 16.2. The maximum Gasteiger partial charge on any atom is 0.119 e. The van der Waals surface area contributed by atoms with Gasteiger partial charge >= 0.3 is 0 Å². The first kappa shape index (κ1) is 15.2. The van der Waals surface area contributed by atoms with Gasteiger partial charge in [-0.15, -0.1) is 0 Å². The molecule has 0 aliphatic rings. The highest BCUT2D eigenvalue weighted by atomic mass is 16.5.